The van der Waals surface area contributed by atoms with Crippen LogP contribution < -0.4 is 4.74 Å². The number of rotatable bonds is 3. The van der Waals surface area contributed by atoms with Crippen molar-refractivity contribution in [1.29, 1.82) is 0 Å². The minimum absolute atomic E-state index is 0.523. The average Bonchev–Trinajstić information content (AvgIpc) is 2.27. The van der Waals surface area contributed by atoms with Crippen LogP contribution >= 0.6 is 0 Å². The summed E-state index contributed by atoms with van der Waals surface area (Å²) in [6.07, 6.45) is -0.867. The second-order valence-corrected chi connectivity index (χ2v) is 4.36. The number of hydrogen-bond acceptors (Lipinski definition) is 3. The Bertz CT molecular complexity index is 607. The van der Waals surface area contributed by atoms with E-state index in [0.717, 1.165) is 22.2 Å². The molecule has 0 saturated heterocycles. The molecule has 1 atom stereocenters. The van der Waals surface area contributed by atoms with Crippen molar-refractivity contribution >= 4 is 16.9 Å². The van der Waals surface area contributed by atoms with Crippen LogP contribution in [-0.4, -0.2) is 22.2 Å². The van der Waals surface area contributed by atoms with Gasteiger partial charge in [-0.15, -0.1) is 0 Å². The molecule has 1 heterocycles. The summed E-state index contributed by atoms with van der Waals surface area (Å²) in [5.41, 5.74) is 2.90. The third-order valence-corrected chi connectivity index (χ3v) is 2.78. The second kappa shape index (κ2) is 4.64. The first kappa shape index (κ1) is 12.4. The molecule has 2 aromatic rings. The van der Waals surface area contributed by atoms with E-state index in [1.165, 1.54) is 6.92 Å². The molecule has 0 fully saturated rings. The fraction of sp³-hybridized carbons (Fsp3) is 0.286. The number of carboxylic acids is 1. The largest absolute Gasteiger partial charge is 0.479 e. The molecule has 4 heteroatoms. The number of benzene rings is 1. The Morgan fingerprint density at radius 1 is 1.33 bits per heavy atom. The lowest BCUT2D eigenvalue weighted by Gasteiger charge is -2.11. The van der Waals surface area contributed by atoms with Gasteiger partial charge in [-0.3, -0.25) is 4.98 Å². The van der Waals surface area contributed by atoms with E-state index in [4.69, 9.17) is 9.84 Å². The van der Waals surface area contributed by atoms with Gasteiger partial charge in [-0.05, 0) is 44.5 Å². The Kier molecular flexibility index (Phi) is 3.19. The fourth-order valence-corrected chi connectivity index (χ4v) is 1.88. The Balaban J connectivity index is 2.41. The highest BCUT2D eigenvalue weighted by atomic mass is 16.5. The molecule has 1 N–H and O–H groups in total. The molecule has 0 amide bonds. The molecule has 94 valence electrons. The maximum atomic E-state index is 10.7. The lowest BCUT2D eigenvalue weighted by atomic mass is 10.1. The van der Waals surface area contributed by atoms with Crippen molar-refractivity contribution in [2.75, 3.05) is 0 Å². The van der Waals surface area contributed by atoms with Gasteiger partial charge >= 0.3 is 5.97 Å². The molecule has 0 bridgehead atoms. The Morgan fingerprint density at radius 3 is 2.72 bits per heavy atom. The number of aromatic nitrogens is 1. The zero-order chi connectivity index (χ0) is 13.3. The molecule has 2 rings (SSSR count). The number of aliphatic carboxylic acids is 1. The average molecular weight is 245 g/mol. The Hall–Kier alpha value is -2.10. The smallest absolute Gasteiger partial charge is 0.344 e. The van der Waals surface area contributed by atoms with Crippen molar-refractivity contribution in [3.05, 3.63) is 35.5 Å². The van der Waals surface area contributed by atoms with Crippen LogP contribution in [0.3, 0.4) is 0 Å². The van der Waals surface area contributed by atoms with Crippen LogP contribution in [0.4, 0.5) is 0 Å². The van der Waals surface area contributed by atoms with Crippen LogP contribution in [-0.2, 0) is 4.79 Å². The van der Waals surface area contributed by atoms with Gasteiger partial charge in [-0.25, -0.2) is 4.79 Å². The van der Waals surface area contributed by atoms with Crippen LogP contribution in [0.2, 0.25) is 0 Å². The minimum atomic E-state index is -0.983. The number of hydrogen-bond donors (Lipinski definition) is 1. The van der Waals surface area contributed by atoms with E-state index in [1.807, 2.05) is 26.0 Å². The summed E-state index contributed by atoms with van der Waals surface area (Å²) in [6.45, 7) is 5.46. The summed E-state index contributed by atoms with van der Waals surface area (Å²) in [7, 11) is 0. The van der Waals surface area contributed by atoms with Gasteiger partial charge in [-0.1, -0.05) is 0 Å². The lowest BCUT2D eigenvalue weighted by Crippen LogP contribution is -2.22. The maximum Gasteiger partial charge on any atom is 0.344 e. The van der Waals surface area contributed by atoms with Gasteiger partial charge in [0, 0.05) is 17.1 Å². The third-order valence-electron chi connectivity index (χ3n) is 2.78. The highest BCUT2D eigenvalue weighted by Crippen LogP contribution is 2.23. The molecule has 0 radical (unpaired) electrons. The number of fused-ring (bicyclic) bond motifs is 1. The van der Waals surface area contributed by atoms with Gasteiger partial charge in [0.1, 0.15) is 5.75 Å². The van der Waals surface area contributed by atoms with E-state index in [9.17, 15) is 4.79 Å². The molecule has 1 aromatic heterocycles. The highest BCUT2D eigenvalue weighted by Gasteiger charge is 2.12. The first-order valence-corrected chi connectivity index (χ1v) is 5.75. The summed E-state index contributed by atoms with van der Waals surface area (Å²) in [5, 5.41) is 9.86. The van der Waals surface area contributed by atoms with Gasteiger partial charge in [0.2, 0.25) is 0 Å². The number of pyridine rings is 1. The van der Waals surface area contributed by atoms with E-state index in [0.29, 0.717) is 5.75 Å². The highest BCUT2D eigenvalue weighted by molar-refractivity contribution is 5.83. The standard InChI is InChI=1S/C14H15NO3/c1-8-6-9(2)15-13-7-11(4-5-12(8)13)18-10(3)14(16)17/h4-7,10H,1-3H3,(H,16,17). The van der Waals surface area contributed by atoms with Crippen molar-refractivity contribution in [3.8, 4) is 5.75 Å². The van der Waals surface area contributed by atoms with Gasteiger partial charge in [0.25, 0.3) is 0 Å². The van der Waals surface area contributed by atoms with Crippen molar-refractivity contribution < 1.29 is 14.6 Å². The number of aryl methyl sites for hydroxylation is 2. The van der Waals surface area contributed by atoms with Crippen LogP contribution in [0.25, 0.3) is 10.9 Å². The molecule has 0 spiro atoms. The molecule has 1 aromatic carbocycles. The molecular weight excluding hydrogens is 230 g/mol. The van der Waals surface area contributed by atoms with E-state index in [-0.39, 0.29) is 0 Å². The topological polar surface area (TPSA) is 59.4 Å². The predicted octanol–water partition coefficient (Wildman–Crippen LogP) is 2.70. The van der Waals surface area contributed by atoms with E-state index in [1.54, 1.807) is 12.1 Å². The van der Waals surface area contributed by atoms with Gasteiger partial charge in [-0.2, -0.15) is 0 Å². The number of nitrogens with zero attached hydrogens (tertiary/aromatic N) is 1. The van der Waals surface area contributed by atoms with E-state index in [2.05, 4.69) is 4.98 Å². The first-order chi connectivity index (χ1) is 8.47. The lowest BCUT2D eigenvalue weighted by molar-refractivity contribution is -0.144. The van der Waals surface area contributed by atoms with Gasteiger partial charge in [0.15, 0.2) is 6.10 Å². The second-order valence-electron chi connectivity index (χ2n) is 4.36. The van der Waals surface area contributed by atoms with Gasteiger partial charge < -0.3 is 9.84 Å². The van der Waals surface area contributed by atoms with Crippen molar-refractivity contribution in [1.82, 2.24) is 4.98 Å². The summed E-state index contributed by atoms with van der Waals surface area (Å²) in [4.78, 5) is 15.2. The molecule has 18 heavy (non-hydrogen) atoms. The van der Waals surface area contributed by atoms with Crippen LogP contribution in [0.5, 0.6) is 5.75 Å². The van der Waals surface area contributed by atoms with E-state index < -0.39 is 12.1 Å². The maximum absolute atomic E-state index is 10.7. The predicted molar refractivity (Wildman–Crippen MR) is 68.9 cm³/mol. The Labute approximate surface area is 105 Å². The summed E-state index contributed by atoms with van der Waals surface area (Å²) >= 11 is 0. The molecule has 1 unspecified atom stereocenters. The Morgan fingerprint density at radius 2 is 2.06 bits per heavy atom. The molecule has 4 nitrogen and oxygen atoms in total. The molecule has 0 aliphatic rings. The van der Waals surface area contributed by atoms with E-state index >= 15 is 0 Å². The zero-order valence-electron chi connectivity index (χ0n) is 10.6. The van der Waals surface area contributed by atoms with Gasteiger partial charge in [0.05, 0.1) is 5.52 Å². The van der Waals surface area contributed by atoms with Crippen molar-refractivity contribution in [2.45, 2.75) is 26.9 Å². The number of carboxylic acid groups (broad SMARTS) is 1. The van der Waals surface area contributed by atoms with Crippen LogP contribution in [0.1, 0.15) is 18.2 Å². The summed E-state index contributed by atoms with van der Waals surface area (Å²) in [5.74, 6) is -0.460. The monoisotopic (exact) mass is 245 g/mol. The quantitative estimate of drug-likeness (QED) is 0.903. The minimum Gasteiger partial charge on any atom is -0.479 e. The summed E-state index contributed by atoms with van der Waals surface area (Å²) < 4.78 is 5.32. The van der Waals surface area contributed by atoms with Crippen molar-refractivity contribution in [3.63, 3.8) is 0 Å². The van der Waals surface area contributed by atoms with Crippen LogP contribution in [0.15, 0.2) is 24.3 Å². The number of ether oxygens (including phenoxy) is 1. The van der Waals surface area contributed by atoms with Crippen molar-refractivity contribution in [2.24, 2.45) is 0 Å². The molecule has 0 aliphatic carbocycles. The molecule has 0 saturated carbocycles. The zero-order valence-corrected chi connectivity index (χ0v) is 10.6. The van der Waals surface area contributed by atoms with Crippen LogP contribution in [0, 0.1) is 13.8 Å². The molecule has 0 aliphatic heterocycles. The first-order valence-electron chi connectivity index (χ1n) is 5.75. The normalized spacial score (nSPS) is 12.4. The number of carbonyl (C=O) groups is 1. The molecular formula is C14H15NO3. The SMILES string of the molecule is Cc1cc(C)c2ccc(OC(C)C(=O)O)cc2n1. The third kappa shape index (κ3) is 2.42. The summed E-state index contributed by atoms with van der Waals surface area (Å²) in [6, 6.07) is 7.46. The fourth-order valence-electron chi connectivity index (χ4n) is 1.88.